The molecule has 0 saturated heterocycles. The third-order valence-corrected chi connectivity index (χ3v) is 5.13. The first-order valence-electron chi connectivity index (χ1n) is 7.10. The van der Waals surface area contributed by atoms with Crippen molar-refractivity contribution in [1.82, 2.24) is 5.06 Å². The van der Waals surface area contributed by atoms with Crippen LogP contribution in [-0.2, 0) is 26.1 Å². The van der Waals surface area contributed by atoms with Gasteiger partial charge in [-0.2, -0.15) is 0 Å². The fraction of sp³-hybridized carbons (Fsp3) is 0.188. The minimum absolute atomic E-state index is 0.0361. The molecule has 2 rings (SSSR count). The molecule has 0 radical (unpaired) electrons. The van der Waals surface area contributed by atoms with Crippen LogP contribution in [0.1, 0.15) is 5.56 Å². The van der Waals surface area contributed by atoms with Crippen LogP contribution in [0.2, 0.25) is 10.0 Å². The lowest BCUT2D eigenvalue weighted by Gasteiger charge is -2.14. The molecule has 0 unspecified atom stereocenters. The second-order valence-electron chi connectivity index (χ2n) is 5.16. The molecule has 2 aromatic rings. The zero-order valence-corrected chi connectivity index (χ0v) is 15.8. The van der Waals surface area contributed by atoms with Gasteiger partial charge >= 0.3 is 0 Å². The van der Waals surface area contributed by atoms with Gasteiger partial charge in [-0.3, -0.25) is 14.4 Å². The number of hydrogen-bond acceptors (Lipinski definition) is 4. The fourth-order valence-electron chi connectivity index (χ4n) is 1.98. The van der Waals surface area contributed by atoms with E-state index in [0.29, 0.717) is 5.69 Å². The first kappa shape index (κ1) is 19.5. The second-order valence-corrected chi connectivity index (χ2v) is 7.71. The van der Waals surface area contributed by atoms with Crippen molar-refractivity contribution >= 4 is 44.8 Å². The van der Waals surface area contributed by atoms with Crippen LogP contribution in [0.4, 0.5) is 5.69 Å². The van der Waals surface area contributed by atoms with Crippen molar-refractivity contribution in [2.45, 2.75) is 11.3 Å². The summed E-state index contributed by atoms with van der Waals surface area (Å²) in [7, 11) is -0.910. The summed E-state index contributed by atoms with van der Waals surface area (Å²) in [5.74, 6) is -0.218. The van der Waals surface area contributed by atoms with Gasteiger partial charge in [0.15, 0.2) is 0 Å². The first-order valence-corrected chi connectivity index (χ1v) is 9.33. The molecule has 0 fully saturated rings. The van der Waals surface area contributed by atoms with Crippen LogP contribution in [-0.4, -0.2) is 33.5 Å². The molecular formula is C16H16Cl2N2O4S. The van der Waals surface area contributed by atoms with E-state index in [1.807, 2.05) is 0 Å². The van der Waals surface area contributed by atoms with Gasteiger partial charge in [-0.05, 0) is 35.9 Å². The Hall–Kier alpha value is -1.80. The van der Waals surface area contributed by atoms with Crippen molar-refractivity contribution in [3.05, 3.63) is 58.1 Å². The normalized spacial score (nSPS) is 11.2. The van der Waals surface area contributed by atoms with E-state index in [9.17, 15) is 13.2 Å². The molecule has 0 bridgehead atoms. The number of rotatable bonds is 6. The van der Waals surface area contributed by atoms with Crippen molar-refractivity contribution < 1.29 is 18.0 Å². The highest BCUT2D eigenvalue weighted by molar-refractivity contribution is 7.92. The molecule has 25 heavy (non-hydrogen) atoms. The summed E-state index contributed by atoms with van der Waals surface area (Å²) in [6.45, 7) is 0. The fourth-order valence-corrected chi connectivity index (χ4v) is 3.76. The molecule has 0 aromatic heterocycles. The Morgan fingerprint density at radius 3 is 2.20 bits per heavy atom. The molecule has 0 spiro atoms. The first-order chi connectivity index (χ1) is 11.7. The summed E-state index contributed by atoms with van der Waals surface area (Å²) in [5.41, 5.74) is 1.08. The van der Waals surface area contributed by atoms with Crippen LogP contribution < -0.4 is 4.72 Å². The molecule has 0 atom stereocenters. The molecule has 0 aliphatic rings. The van der Waals surface area contributed by atoms with Gasteiger partial charge in [0.1, 0.15) is 0 Å². The van der Waals surface area contributed by atoms with Crippen molar-refractivity contribution in [2.24, 2.45) is 0 Å². The number of nitrogens with one attached hydrogen (secondary N) is 1. The topological polar surface area (TPSA) is 75.7 Å². The Morgan fingerprint density at radius 1 is 1.12 bits per heavy atom. The monoisotopic (exact) mass is 402 g/mol. The van der Waals surface area contributed by atoms with Crippen molar-refractivity contribution in [2.75, 3.05) is 18.9 Å². The predicted molar refractivity (Wildman–Crippen MR) is 97.2 cm³/mol. The van der Waals surface area contributed by atoms with Crippen LogP contribution in [0.15, 0.2) is 47.4 Å². The zero-order valence-electron chi connectivity index (χ0n) is 13.5. The number of halogens is 2. The van der Waals surface area contributed by atoms with E-state index >= 15 is 0 Å². The summed E-state index contributed by atoms with van der Waals surface area (Å²) < 4.78 is 27.2. The van der Waals surface area contributed by atoms with Crippen molar-refractivity contribution in [3.8, 4) is 0 Å². The van der Waals surface area contributed by atoms with Gasteiger partial charge < -0.3 is 0 Å². The molecular weight excluding hydrogens is 387 g/mol. The maximum Gasteiger partial charge on any atom is 0.261 e. The van der Waals surface area contributed by atoms with E-state index in [2.05, 4.69) is 4.72 Å². The molecule has 6 nitrogen and oxygen atoms in total. The van der Waals surface area contributed by atoms with Crippen molar-refractivity contribution in [3.63, 3.8) is 0 Å². The number of likely N-dealkylation sites (N-methyl/N-ethyl adjacent to an activating group) is 1. The third-order valence-electron chi connectivity index (χ3n) is 3.33. The highest BCUT2D eigenvalue weighted by atomic mass is 35.5. The Labute approximate surface area is 156 Å². The largest absolute Gasteiger partial charge is 0.280 e. The molecule has 1 N–H and O–H groups in total. The van der Waals surface area contributed by atoms with Crippen LogP contribution in [0.3, 0.4) is 0 Å². The quantitative estimate of drug-likeness (QED) is 0.751. The molecule has 0 heterocycles. The zero-order chi connectivity index (χ0) is 18.6. The Kier molecular flexibility index (Phi) is 6.29. The average molecular weight is 403 g/mol. The standard InChI is InChI=1S/C16H16Cl2N2O4S/c1-20(24-2)16(21)7-11-3-5-14(6-4-11)19-25(22,23)15-9-12(17)8-13(18)10-15/h3-6,8-10,19H,7H2,1-2H3. The smallest absolute Gasteiger partial charge is 0.261 e. The van der Waals surface area contributed by atoms with Crippen LogP contribution in [0, 0.1) is 0 Å². The molecule has 1 amide bonds. The summed E-state index contributed by atoms with van der Waals surface area (Å²) in [6, 6.07) is 10.5. The highest BCUT2D eigenvalue weighted by Crippen LogP contribution is 2.24. The molecule has 0 aliphatic heterocycles. The summed E-state index contributed by atoms with van der Waals surface area (Å²) in [5, 5.41) is 1.58. The van der Waals surface area contributed by atoms with Crippen LogP contribution >= 0.6 is 23.2 Å². The second kappa shape index (κ2) is 8.05. The number of carbonyl (C=O) groups excluding carboxylic acids is 1. The van der Waals surface area contributed by atoms with Gasteiger partial charge in [0, 0.05) is 22.8 Å². The Morgan fingerprint density at radius 2 is 1.68 bits per heavy atom. The summed E-state index contributed by atoms with van der Waals surface area (Å²) in [6.07, 6.45) is 0.140. The maximum absolute atomic E-state index is 12.4. The van der Waals surface area contributed by atoms with Crippen molar-refractivity contribution in [1.29, 1.82) is 0 Å². The number of benzene rings is 2. The minimum Gasteiger partial charge on any atom is -0.280 e. The predicted octanol–water partition coefficient (Wildman–Crippen LogP) is 3.36. The lowest BCUT2D eigenvalue weighted by atomic mass is 10.1. The summed E-state index contributed by atoms with van der Waals surface area (Å²) in [4.78, 5) is 16.5. The van der Waals surface area contributed by atoms with Gasteiger partial charge in [-0.15, -0.1) is 0 Å². The number of hydrogen-bond donors (Lipinski definition) is 1. The maximum atomic E-state index is 12.4. The average Bonchev–Trinajstić information content (AvgIpc) is 2.54. The van der Waals surface area contributed by atoms with Crippen LogP contribution in [0.25, 0.3) is 0 Å². The van der Waals surface area contributed by atoms with E-state index < -0.39 is 10.0 Å². The SMILES string of the molecule is CON(C)C(=O)Cc1ccc(NS(=O)(=O)c2cc(Cl)cc(Cl)c2)cc1. The van der Waals surface area contributed by atoms with E-state index in [1.165, 1.54) is 32.4 Å². The number of anilines is 1. The molecule has 0 aliphatic carbocycles. The summed E-state index contributed by atoms with van der Waals surface area (Å²) >= 11 is 11.7. The van der Waals surface area contributed by atoms with E-state index in [1.54, 1.807) is 24.3 Å². The Balaban J connectivity index is 2.13. The van der Waals surface area contributed by atoms with Gasteiger partial charge in [0.2, 0.25) is 5.91 Å². The highest BCUT2D eigenvalue weighted by Gasteiger charge is 2.16. The molecule has 9 heteroatoms. The number of nitrogens with zero attached hydrogens (tertiary/aromatic N) is 1. The molecule has 0 saturated carbocycles. The van der Waals surface area contributed by atoms with Gasteiger partial charge in [-0.1, -0.05) is 35.3 Å². The molecule has 134 valence electrons. The Bertz CT molecular complexity index is 850. The number of hydroxylamine groups is 2. The van der Waals surface area contributed by atoms with Crippen LogP contribution in [0.5, 0.6) is 0 Å². The third kappa shape index (κ3) is 5.34. The lowest BCUT2D eigenvalue weighted by molar-refractivity contribution is -0.167. The number of carbonyl (C=O) groups is 1. The van der Waals surface area contributed by atoms with E-state index in [-0.39, 0.29) is 27.3 Å². The lowest BCUT2D eigenvalue weighted by Crippen LogP contribution is -2.26. The van der Waals surface area contributed by atoms with E-state index in [0.717, 1.165) is 10.6 Å². The molecule has 2 aromatic carbocycles. The van der Waals surface area contributed by atoms with Gasteiger partial charge in [0.05, 0.1) is 18.4 Å². The van der Waals surface area contributed by atoms with E-state index in [4.69, 9.17) is 28.0 Å². The minimum atomic E-state index is -3.83. The van der Waals surface area contributed by atoms with Gasteiger partial charge in [0.25, 0.3) is 10.0 Å². The van der Waals surface area contributed by atoms with Gasteiger partial charge in [-0.25, -0.2) is 13.5 Å². The number of sulfonamides is 1. The number of amides is 1.